The van der Waals surface area contributed by atoms with Gasteiger partial charge in [-0.2, -0.15) is 0 Å². The molecule has 0 aliphatic rings. The minimum atomic E-state index is -1.40. The molecule has 3 heteroatoms. The van der Waals surface area contributed by atoms with E-state index < -0.39 is 9.28 Å². The molecule has 2 nitrogen and oxygen atoms in total. The molecule has 2 unspecified atom stereocenters. The van der Waals surface area contributed by atoms with E-state index >= 15 is 0 Å². The van der Waals surface area contributed by atoms with Crippen LogP contribution in [0.25, 0.3) is 0 Å². The highest BCUT2D eigenvalue weighted by Crippen LogP contribution is 2.29. The summed E-state index contributed by atoms with van der Waals surface area (Å²) in [5.74, 6) is 0.733. The average Bonchev–Trinajstić information content (AvgIpc) is 2.17. The maximum Gasteiger partial charge on any atom is 0.324 e. The number of hydrogen-bond donors (Lipinski definition) is 0. The van der Waals surface area contributed by atoms with Gasteiger partial charge in [0.05, 0.1) is 0 Å². The molecule has 0 aromatic heterocycles. The standard InChI is InChI=1S/C10H24O2Si/c1-6-8-10(9(3)7-2)13(11-4)12-5/h9-10,13H,6-8H2,1-5H3. The molecule has 2 atom stereocenters. The minimum absolute atomic E-state index is 0.671. The molecule has 0 saturated carbocycles. The van der Waals surface area contributed by atoms with Crippen LogP contribution in [0, 0.1) is 5.92 Å². The largest absolute Gasteiger partial charge is 0.400 e. The first-order valence-electron chi connectivity index (χ1n) is 5.26. The molecule has 0 amide bonds. The van der Waals surface area contributed by atoms with E-state index in [2.05, 4.69) is 20.8 Å². The van der Waals surface area contributed by atoms with Crippen molar-refractivity contribution < 1.29 is 8.85 Å². The van der Waals surface area contributed by atoms with Crippen molar-refractivity contribution in [2.24, 2.45) is 5.92 Å². The van der Waals surface area contributed by atoms with Crippen LogP contribution in [-0.2, 0) is 8.85 Å². The molecule has 0 N–H and O–H groups in total. The second-order valence-corrected chi connectivity index (χ2v) is 6.21. The highest BCUT2D eigenvalue weighted by atomic mass is 28.3. The van der Waals surface area contributed by atoms with Gasteiger partial charge in [-0.05, 0) is 12.3 Å². The number of rotatable bonds is 7. The van der Waals surface area contributed by atoms with Crippen molar-refractivity contribution in [3.8, 4) is 0 Å². The third-order valence-electron chi connectivity index (χ3n) is 2.81. The van der Waals surface area contributed by atoms with Crippen LogP contribution in [0.3, 0.4) is 0 Å². The van der Waals surface area contributed by atoms with Crippen molar-refractivity contribution in [3.05, 3.63) is 0 Å². The number of hydrogen-bond acceptors (Lipinski definition) is 2. The van der Waals surface area contributed by atoms with Crippen LogP contribution in [0.2, 0.25) is 5.54 Å². The lowest BCUT2D eigenvalue weighted by Gasteiger charge is -2.27. The predicted octanol–water partition coefficient (Wildman–Crippen LogP) is 2.72. The first kappa shape index (κ1) is 13.1. The monoisotopic (exact) mass is 204 g/mol. The highest BCUT2D eigenvalue weighted by molar-refractivity contribution is 6.46. The molecule has 0 aromatic carbocycles. The summed E-state index contributed by atoms with van der Waals surface area (Å²) in [6.07, 6.45) is 3.69. The van der Waals surface area contributed by atoms with Crippen LogP contribution in [0.1, 0.15) is 40.0 Å². The zero-order valence-corrected chi connectivity index (χ0v) is 10.8. The first-order chi connectivity index (χ1) is 6.21. The SMILES string of the molecule is CCCC(C(C)CC)[SiH](OC)OC. The van der Waals surface area contributed by atoms with E-state index in [1.165, 1.54) is 19.3 Å². The summed E-state index contributed by atoms with van der Waals surface area (Å²) in [5.41, 5.74) is 0.671. The van der Waals surface area contributed by atoms with Gasteiger partial charge in [-0.15, -0.1) is 0 Å². The second-order valence-electron chi connectivity index (χ2n) is 3.68. The fourth-order valence-corrected chi connectivity index (χ4v) is 4.08. The topological polar surface area (TPSA) is 18.5 Å². The van der Waals surface area contributed by atoms with Gasteiger partial charge in [0.25, 0.3) is 0 Å². The van der Waals surface area contributed by atoms with E-state index in [1.54, 1.807) is 14.2 Å². The zero-order chi connectivity index (χ0) is 10.3. The Kier molecular flexibility index (Phi) is 7.61. The maximum atomic E-state index is 5.45. The second kappa shape index (κ2) is 7.53. The zero-order valence-electron chi connectivity index (χ0n) is 9.67. The van der Waals surface area contributed by atoms with Crippen LogP contribution in [0.15, 0.2) is 0 Å². The van der Waals surface area contributed by atoms with Crippen LogP contribution >= 0.6 is 0 Å². The lowest BCUT2D eigenvalue weighted by molar-refractivity contribution is 0.246. The van der Waals surface area contributed by atoms with Crippen molar-refractivity contribution in [2.75, 3.05) is 14.2 Å². The van der Waals surface area contributed by atoms with Gasteiger partial charge in [-0.1, -0.05) is 33.6 Å². The Labute approximate surface area is 84.5 Å². The van der Waals surface area contributed by atoms with E-state index in [4.69, 9.17) is 8.85 Å². The molecule has 80 valence electrons. The molecular formula is C10H24O2Si. The lowest BCUT2D eigenvalue weighted by atomic mass is 10.0. The summed E-state index contributed by atoms with van der Waals surface area (Å²) < 4.78 is 10.9. The Morgan fingerprint density at radius 1 is 1.15 bits per heavy atom. The fraction of sp³-hybridized carbons (Fsp3) is 1.00. The Hall–Kier alpha value is 0.137. The van der Waals surface area contributed by atoms with Crippen molar-refractivity contribution >= 4 is 9.28 Å². The van der Waals surface area contributed by atoms with Crippen LogP contribution in [0.4, 0.5) is 0 Å². The Balaban J connectivity index is 4.19. The first-order valence-corrected chi connectivity index (χ1v) is 6.87. The van der Waals surface area contributed by atoms with E-state index in [1.807, 2.05) is 0 Å². The van der Waals surface area contributed by atoms with Gasteiger partial charge in [0.1, 0.15) is 0 Å². The Morgan fingerprint density at radius 3 is 2.00 bits per heavy atom. The molecule has 13 heavy (non-hydrogen) atoms. The smallest absolute Gasteiger partial charge is 0.324 e. The molecule has 0 aromatic rings. The molecule has 0 spiro atoms. The molecule has 0 bridgehead atoms. The van der Waals surface area contributed by atoms with Gasteiger partial charge in [-0.25, -0.2) is 0 Å². The lowest BCUT2D eigenvalue weighted by Crippen LogP contribution is -2.30. The summed E-state index contributed by atoms with van der Waals surface area (Å²) in [6.45, 7) is 6.77. The maximum absolute atomic E-state index is 5.45. The van der Waals surface area contributed by atoms with Gasteiger partial charge in [0.15, 0.2) is 0 Å². The van der Waals surface area contributed by atoms with E-state index in [0.29, 0.717) is 5.54 Å². The normalized spacial score (nSPS) is 16.2. The molecule has 0 aliphatic heterocycles. The van der Waals surface area contributed by atoms with Gasteiger partial charge in [0, 0.05) is 19.8 Å². The fourth-order valence-electron chi connectivity index (χ4n) is 1.77. The van der Waals surface area contributed by atoms with Crippen molar-refractivity contribution in [1.29, 1.82) is 0 Å². The van der Waals surface area contributed by atoms with Crippen LogP contribution in [0.5, 0.6) is 0 Å². The van der Waals surface area contributed by atoms with Gasteiger partial charge in [0.2, 0.25) is 0 Å². The van der Waals surface area contributed by atoms with Crippen molar-refractivity contribution in [1.82, 2.24) is 0 Å². The summed E-state index contributed by atoms with van der Waals surface area (Å²) in [7, 11) is 2.17. The summed E-state index contributed by atoms with van der Waals surface area (Å²) >= 11 is 0. The average molecular weight is 204 g/mol. The molecular weight excluding hydrogens is 180 g/mol. The summed E-state index contributed by atoms with van der Waals surface area (Å²) in [5, 5.41) is 0. The summed E-state index contributed by atoms with van der Waals surface area (Å²) in [6, 6.07) is 0. The summed E-state index contributed by atoms with van der Waals surface area (Å²) in [4.78, 5) is 0. The van der Waals surface area contributed by atoms with Crippen LogP contribution in [-0.4, -0.2) is 23.5 Å². The van der Waals surface area contributed by atoms with E-state index in [0.717, 1.165) is 5.92 Å². The molecule has 0 fully saturated rings. The highest BCUT2D eigenvalue weighted by Gasteiger charge is 2.27. The Morgan fingerprint density at radius 2 is 1.69 bits per heavy atom. The van der Waals surface area contributed by atoms with Gasteiger partial charge < -0.3 is 8.85 Å². The van der Waals surface area contributed by atoms with Gasteiger partial charge >= 0.3 is 9.28 Å². The molecule has 0 radical (unpaired) electrons. The van der Waals surface area contributed by atoms with Crippen molar-refractivity contribution in [3.63, 3.8) is 0 Å². The molecule has 0 rings (SSSR count). The van der Waals surface area contributed by atoms with Crippen molar-refractivity contribution in [2.45, 2.75) is 45.6 Å². The molecule has 0 aliphatic carbocycles. The third kappa shape index (κ3) is 4.25. The Bertz CT molecular complexity index is 115. The quantitative estimate of drug-likeness (QED) is 0.594. The third-order valence-corrected chi connectivity index (χ3v) is 5.43. The predicted molar refractivity (Wildman–Crippen MR) is 59.3 cm³/mol. The molecule has 0 heterocycles. The molecule has 0 saturated heterocycles. The van der Waals surface area contributed by atoms with Crippen LogP contribution < -0.4 is 0 Å². The van der Waals surface area contributed by atoms with E-state index in [-0.39, 0.29) is 0 Å². The van der Waals surface area contributed by atoms with Gasteiger partial charge in [-0.3, -0.25) is 0 Å². The minimum Gasteiger partial charge on any atom is -0.400 e. The van der Waals surface area contributed by atoms with E-state index in [9.17, 15) is 0 Å².